The van der Waals surface area contributed by atoms with Crippen molar-refractivity contribution >= 4 is 24.2 Å². The normalized spacial score (nSPS) is 15.9. The van der Waals surface area contributed by atoms with E-state index in [-0.39, 0.29) is 43.2 Å². The number of nitrogens with two attached hydrogens (primary N) is 1. The van der Waals surface area contributed by atoms with Crippen LogP contribution in [0.5, 0.6) is 0 Å². The van der Waals surface area contributed by atoms with E-state index in [1.807, 2.05) is 0 Å². The summed E-state index contributed by atoms with van der Waals surface area (Å²) in [7, 11) is 1.62. The molecule has 0 saturated heterocycles. The second-order valence-electron chi connectivity index (χ2n) is 4.27. The van der Waals surface area contributed by atoms with Crippen LogP contribution in [0.25, 0.3) is 0 Å². The molecule has 0 aromatic heterocycles. The minimum atomic E-state index is -0.161. The highest BCUT2D eigenvalue weighted by atomic mass is 35.5. The van der Waals surface area contributed by atoms with Gasteiger partial charge in [0.2, 0.25) is 11.8 Å². The molecule has 2 amide bonds. The van der Waals surface area contributed by atoms with Crippen molar-refractivity contribution in [3.8, 4) is 0 Å². The molecule has 0 aliphatic heterocycles. The highest BCUT2D eigenvalue weighted by Gasteiger charge is 2.24. The number of amides is 2. The van der Waals surface area contributed by atoms with E-state index in [4.69, 9.17) is 5.73 Å². The van der Waals surface area contributed by atoms with Crippen molar-refractivity contribution in [3.05, 3.63) is 0 Å². The maximum absolute atomic E-state index is 11.5. The number of halogens is 1. The van der Waals surface area contributed by atoms with Gasteiger partial charge in [0, 0.05) is 25.6 Å². The lowest BCUT2D eigenvalue weighted by molar-refractivity contribution is -0.135. The molecule has 1 unspecified atom stereocenters. The Labute approximate surface area is 102 Å². The maximum atomic E-state index is 11.5. The zero-order valence-electron chi connectivity index (χ0n) is 9.73. The summed E-state index contributed by atoms with van der Waals surface area (Å²) >= 11 is 0. The lowest BCUT2D eigenvalue weighted by Crippen LogP contribution is -2.40. The van der Waals surface area contributed by atoms with Gasteiger partial charge in [-0.15, -0.1) is 12.4 Å². The molecule has 1 aliphatic rings. The molecule has 0 heterocycles. The average Bonchev–Trinajstić information content (AvgIpc) is 2.86. The number of nitrogens with one attached hydrogen (secondary N) is 1. The Morgan fingerprint density at radius 1 is 1.50 bits per heavy atom. The predicted molar refractivity (Wildman–Crippen MR) is 64.3 cm³/mol. The third kappa shape index (κ3) is 5.92. The summed E-state index contributed by atoms with van der Waals surface area (Å²) in [4.78, 5) is 24.2. The van der Waals surface area contributed by atoms with Crippen LogP contribution >= 0.6 is 12.4 Å². The van der Waals surface area contributed by atoms with E-state index in [1.54, 1.807) is 14.0 Å². The number of rotatable bonds is 5. The summed E-state index contributed by atoms with van der Waals surface area (Å²) in [5.41, 5.74) is 5.50. The summed E-state index contributed by atoms with van der Waals surface area (Å²) in [5, 5.41) is 2.83. The van der Waals surface area contributed by atoms with Gasteiger partial charge in [0.25, 0.3) is 0 Å². The first-order valence-electron chi connectivity index (χ1n) is 5.28. The van der Waals surface area contributed by atoms with E-state index in [9.17, 15) is 9.59 Å². The fourth-order valence-electron chi connectivity index (χ4n) is 1.24. The van der Waals surface area contributed by atoms with Crippen LogP contribution in [0.1, 0.15) is 26.2 Å². The van der Waals surface area contributed by atoms with Gasteiger partial charge in [-0.05, 0) is 19.8 Å². The van der Waals surface area contributed by atoms with Crippen LogP contribution in [0, 0.1) is 0 Å². The Bertz CT molecular complexity index is 254. The van der Waals surface area contributed by atoms with Gasteiger partial charge in [0.05, 0.1) is 6.54 Å². The predicted octanol–water partition coefficient (Wildman–Crippen LogP) is -0.117. The van der Waals surface area contributed by atoms with Crippen molar-refractivity contribution < 1.29 is 9.59 Å². The van der Waals surface area contributed by atoms with Gasteiger partial charge in [0.15, 0.2) is 0 Å². The monoisotopic (exact) mass is 249 g/mol. The van der Waals surface area contributed by atoms with Gasteiger partial charge in [-0.1, -0.05) is 0 Å². The van der Waals surface area contributed by atoms with Crippen molar-refractivity contribution in [3.63, 3.8) is 0 Å². The Kier molecular flexibility index (Phi) is 6.36. The second-order valence-corrected chi connectivity index (χ2v) is 4.27. The van der Waals surface area contributed by atoms with Gasteiger partial charge in [0.1, 0.15) is 0 Å². The molecule has 5 nitrogen and oxygen atoms in total. The van der Waals surface area contributed by atoms with Gasteiger partial charge in [-0.3, -0.25) is 9.59 Å². The lowest BCUT2D eigenvalue weighted by atomic mass is 10.2. The molecule has 0 aromatic rings. The standard InChI is InChI=1S/C10H19N3O2.ClH/c1-7(11)5-10(15)13(2)6-9(14)12-8-3-4-8;/h7-8H,3-6,11H2,1-2H3,(H,12,14);1H. The fourth-order valence-corrected chi connectivity index (χ4v) is 1.24. The molecule has 0 radical (unpaired) electrons. The number of nitrogens with zero attached hydrogens (tertiary/aromatic N) is 1. The molecule has 0 aromatic carbocycles. The fraction of sp³-hybridized carbons (Fsp3) is 0.800. The quantitative estimate of drug-likeness (QED) is 0.714. The summed E-state index contributed by atoms with van der Waals surface area (Å²) in [6, 6.07) is 0.181. The van der Waals surface area contributed by atoms with E-state index in [2.05, 4.69) is 5.32 Å². The molecule has 0 spiro atoms. The van der Waals surface area contributed by atoms with Crippen LogP contribution in [-0.2, 0) is 9.59 Å². The van der Waals surface area contributed by atoms with Gasteiger partial charge >= 0.3 is 0 Å². The molecular weight excluding hydrogens is 230 g/mol. The van der Waals surface area contributed by atoms with E-state index in [0.717, 1.165) is 12.8 Å². The smallest absolute Gasteiger partial charge is 0.239 e. The van der Waals surface area contributed by atoms with Crippen molar-refractivity contribution in [2.24, 2.45) is 5.73 Å². The number of carbonyl (C=O) groups is 2. The summed E-state index contributed by atoms with van der Waals surface area (Å²) in [5.74, 6) is -0.172. The van der Waals surface area contributed by atoms with Gasteiger partial charge in [-0.2, -0.15) is 0 Å². The Balaban J connectivity index is 0.00000225. The van der Waals surface area contributed by atoms with E-state index < -0.39 is 0 Å². The van der Waals surface area contributed by atoms with Crippen molar-refractivity contribution in [1.82, 2.24) is 10.2 Å². The Hall–Kier alpha value is -0.810. The number of hydrogen-bond donors (Lipinski definition) is 2. The maximum Gasteiger partial charge on any atom is 0.239 e. The minimum Gasteiger partial charge on any atom is -0.352 e. The Morgan fingerprint density at radius 3 is 2.50 bits per heavy atom. The molecule has 3 N–H and O–H groups in total. The highest BCUT2D eigenvalue weighted by molar-refractivity contribution is 5.85. The van der Waals surface area contributed by atoms with Crippen LogP contribution in [0.2, 0.25) is 0 Å². The molecule has 6 heteroatoms. The summed E-state index contributed by atoms with van der Waals surface area (Å²) < 4.78 is 0. The van der Waals surface area contributed by atoms with Crippen molar-refractivity contribution in [2.45, 2.75) is 38.3 Å². The number of likely N-dealkylation sites (N-methyl/N-ethyl adjacent to an activating group) is 1. The van der Waals surface area contributed by atoms with E-state index >= 15 is 0 Å². The molecule has 1 rings (SSSR count). The van der Waals surface area contributed by atoms with Crippen molar-refractivity contribution in [1.29, 1.82) is 0 Å². The van der Waals surface area contributed by atoms with E-state index in [1.165, 1.54) is 4.90 Å². The minimum absolute atomic E-state index is 0. The van der Waals surface area contributed by atoms with Crippen LogP contribution < -0.4 is 11.1 Å². The summed E-state index contributed by atoms with van der Waals surface area (Å²) in [6.07, 6.45) is 2.40. The molecule has 1 saturated carbocycles. The van der Waals surface area contributed by atoms with Gasteiger partial charge < -0.3 is 16.0 Å². The Morgan fingerprint density at radius 2 is 2.06 bits per heavy atom. The first-order chi connectivity index (χ1) is 6.99. The molecule has 1 atom stereocenters. The second kappa shape index (κ2) is 6.70. The number of hydrogen-bond acceptors (Lipinski definition) is 3. The number of carbonyl (C=O) groups excluding carboxylic acids is 2. The molecule has 1 fully saturated rings. The van der Waals surface area contributed by atoms with Crippen LogP contribution in [-0.4, -0.2) is 42.4 Å². The largest absolute Gasteiger partial charge is 0.352 e. The van der Waals surface area contributed by atoms with E-state index in [0.29, 0.717) is 6.04 Å². The topological polar surface area (TPSA) is 75.4 Å². The molecule has 94 valence electrons. The highest BCUT2D eigenvalue weighted by Crippen LogP contribution is 2.18. The van der Waals surface area contributed by atoms with Gasteiger partial charge in [-0.25, -0.2) is 0 Å². The first-order valence-corrected chi connectivity index (χ1v) is 5.28. The van der Waals surface area contributed by atoms with Crippen LogP contribution in [0.15, 0.2) is 0 Å². The third-order valence-corrected chi connectivity index (χ3v) is 2.25. The van der Waals surface area contributed by atoms with Crippen LogP contribution in [0.4, 0.5) is 0 Å². The molecule has 0 bridgehead atoms. The first kappa shape index (κ1) is 15.2. The van der Waals surface area contributed by atoms with Crippen LogP contribution in [0.3, 0.4) is 0 Å². The summed E-state index contributed by atoms with van der Waals surface area (Å²) in [6.45, 7) is 1.90. The molecular formula is C10H20ClN3O2. The third-order valence-electron chi connectivity index (χ3n) is 2.25. The molecule has 1 aliphatic carbocycles. The molecule has 16 heavy (non-hydrogen) atoms. The zero-order chi connectivity index (χ0) is 11.4. The average molecular weight is 250 g/mol. The SMILES string of the molecule is CC(N)CC(=O)N(C)CC(=O)NC1CC1.Cl. The lowest BCUT2D eigenvalue weighted by Gasteiger charge is -2.17. The zero-order valence-corrected chi connectivity index (χ0v) is 10.5. The van der Waals surface area contributed by atoms with Crippen molar-refractivity contribution in [2.75, 3.05) is 13.6 Å².